The molecule has 12 heteroatoms. The molecular formula is C25H32N6O3S3. The molecule has 0 saturated heterocycles. The fourth-order valence-electron chi connectivity index (χ4n) is 3.37. The summed E-state index contributed by atoms with van der Waals surface area (Å²) in [6.07, 6.45) is 1.67. The maximum atomic E-state index is 13.2. The van der Waals surface area contributed by atoms with Crippen molar-refractivity contribution < 1.29 is 13.2 Å². The zero-order chi connectivity index (χ0) is 27.2. The smallest absolute Gasteiger partial charge is 0.241 e. The number of carbonyl (C=O) groups excluding carboxylic acids is 1. The van der Waals surface area contributed by atoms with Crippen LogP contribution in [0.2, 0.25) is 0 Å². The third-order valence-electron chi connectivity index (χ3n) is 5.02. The number of sulfonamides is 1. The van der Waals surface area contributed by atoms with E-state index in [0.717, 1.165) is 16.3 Å². The van der Waals surface area contributed by atoms with Crippen molar-refractivity contribution in [2.24, 2.45) is 0 Å². The number of nitrogens with zero attached hydrogens (tertiary/aromatic N) is 2. The largest absolute Gasteiger partial charge is 0.360 e. The molecule has 9 nitrogen and oxygen atoms in total. The molecule has 1 aromatic heterocycles. The van der Waals surface area contributed by atoms with Gasteiger partial charge in [-0.05, 0) is 76.6 Å². The van der Waals surface area contributed by atoms with Crippen molar-refractivity contribution in [1.29, 1.82) is 0 Å². The van der Waals surface area contributed by atoms with Gasteiger partial charge in [0.2, 0.25) is 15.9 Å². The Balaban J connectivity index is 1.89. The second kappa shape index (κ2) is 12.6. The Bertz CT molecular complexity index is 1350. The van der Waals surface area contributed by atoms with Gasteiger partial charge in [0.25, 0.3) is 0 Å². The number of anilines is 2. The lowest BCUT2D eigenvalue weighted by Gasteiger charge is -2.14. The molecule has 198 valence electrons. The van der Waals surface area contributed by atoms with Crippen LogP contribution in [0.15, 0.2) is 53.6 Å². The minimum absolute atomic E-state index is 0.0819. The second-order valence-corrected chi connectivity index (χ2v) is 12.1. The van der Waals surface area contributed by atoms with Gasteiger partial charge in [-0.15, -0.1) is 11.3 Å². The molecule has 0 fully saturated rings. The standard InChI is InChI=1S/C25H32N6O3S3/c1-16(2)28-25(35)30-19-8-6-18(7-9-19)24-26-15-22(36-24)21-11-10-20(29-17(3)32)14-23(21)37(33,34)27-12-13-31(4)5/h6-11,14-16,27H,12-13H2,1-5H3,(H,29,32)(H2,28,30,35). The minimum Gasteiger partial charge on any atom is -0.360 e. The molecule has 0 aliphatic carbocycles. The van der Waals surface area contributed by atoms with Gasteiger partial charge in [0.1, 0.15) is 5.01 Å². The second-order valence-electron chi connectivity index (χ2n) is 8.95. The molecule has 0 unspecified atom stereocenters. The number of nitrogens with one attached hydrogen (secondary N) is 4. The molecule has 4 N–H and O–H groups in total. The zero-order valence-corrected chi connectivity index (χ0v) is 23.9. The van der Waals surface area contributed by atoms with Crippen molar-refractivity contribution in [2.45, 2.75) is 31.7 Å². The van der Waals surface area contributed by atoms with E-state index < -0.39 is 10.0 Å². The molecule has 1 heterocycles. The number of thiazole rings is 1. The SMILES string of the molecule is CC(=O)Nc1ccc(-c2cnc(-c3ccc(NC(=S)NC(C)C)cc3)s2)c(S(=O)(=O)NCCN(C)C)c1. The Labute approximate surface area is 227 Å². The normalized spacial score (nSPS) is 11.5. The zero-order valence-electron chi connectivity index (χ0n) is 21.5. The van der Waals surface area contributed by atoms with Crippen LogP contribution in [-0.2, 0) is 14.8 Å². The van der Waals surface area contributed by atoms with Gasteiger partial charge >= 0.3 is 0 Å². The van der Waals surface area contributed by atoms with E-state index >= 15 is 0 Å². The van der Waals surface area contributed by atoms with Crippen molar-refractivity contribution in [3.8, 4) is 21.0 Å². The number of benzene rings is 2. The molecule has 0 bridgehead atoms. The highest BCUT2D eigenvalue weighted by Gasteiger charge is 2.22. The van der Waals surface area contributed by atoms with Crippen LogP contribution in [0.4, 0.5) is 11.4 Å². The van der Waals surface area contributed by atoms with E-state index in [-0.39, 0.29) is 23.4 Å². The summed E-state index contributed by atoms with van der Waals surface area (Å²) < 4.78 is 29.1. The lowest BCUT2D eigenvalue weighted by Crippen LogP contribution is -2.33. The first-order valence-corrected chi connectivity index (χ1v) is 14.4. The van der Waals surface area contributed by atoms with E-state index in [2.05, 4.69) is 25.7 Å². The Hall–Kier alpha value is -2.90. The fraction of sp³-hybridized carbons (Fsp3) is 0.320. The number of amides is 1. The average Bonchev–Trinajstić information content (AvgIpc) is 3.28. The lowest BCUT2D eigenvalue weighted by atomic mass is 10.2. The summed E-state index contributed by atoms with van der Waals surface area (Å²) in [5.41, 5.74) is 2.66. The average molecular weight is 561 g/mol. The summed E-state index contributed by atoms with van der Waals surface area (Å²) in [6, 6.07) is 12.8. The van der Waals surface area contributed by atoms with Gasteiger partial charge in [-0.25, -0.2) is 18.1 Å². The third-order valence-corrected chi connectivity index (χ3v) is 7.82. The molecule has 0 spiro atoms. The van der Waals surface area contributed by atoms with Gasteiger partial charge in [0, 0.05) is 54.8 Å². The molecule has 0 aliphatic rings. The predicted octanol–water partition coefficient (Wildman–Crippen LogP) is 3.97. The highest BCUT2D eigenvalue weighted by molar-refractivity contribution is 7.89. The van der Waals surface area contributed by atoms with Gasteiger partial charge in [0.15, 0.2) is 5.11 Å². The fourth-order valence-corrected chi connectivity index (χ4v) is 6.01. The van der Waals surface area contributed by atoms with E-state index in [0.29, 0.717) is 27.8 Å². The summed E-state index contributed by atoms with van der Waals surface area (Å²) in [5, 5.41) is 10.2. The maximum absolute atomic E-state index is 13.2. The van der Waals surface area contributed by atoms with E-state index in [9.17, 15) is 13.2 Å². The molecule has 0 atom stereocenters. The summed E-state index contributed by atoms with van der Waals surface area (Å²) in [4.78, 5) is 18.8. The van der Waals surface area contributed by atoms with Crippen molar-refractivity contribution in [3.63, 3.8) is 0 Å². The van der Waals surface area contributed by atoms with Crippen molar-refractivity contribution in [1.82, 2.24) is 19.9 Å². The Morgan fingerprint density at radius 2 is 1.76 bits per heavy atom. The topological polar surface area (TPSA) is 115 Å². The minimum atomic E-state index is -3.85. The third kappa shape index (κ3) is 8.30. The van der Waals surface area contributed by atoms with Crippen LogP contribution >= 0.6 is 23.6 Å². The molecule has 0 aliphatic heterocycles. The van der Waals surface area contributed by atoms with Crippen molar-refractivity contribution in [2.75, 3.05) is 37.8 Å². The number of thiocarbonyl (C=S) groups is 1. The van der Waals surface area contributed by atoms with E-state index in [4.69, 9.17) is 12.2 Å². The lowest BCUT2D eigenvalue weighted by molar-refractivity contribution is -0.114. The molecule has 1 amide bonds. The molecule has 3 aromatic rings. The van der Waals surface area contributed by atoms with Crippen molar-refractivity contribution >= 4 is 56.0 Å². The van der Waals surface area contributed by atoms with Gasteiger partial charge in [0.05, 0.1) is 9.77 Å². The number of rotatable bonds is 10. The van der Waals surface area contributed by atoms with Crippen LogP contribution in [0.3, 0.4) is 0 Å². The molecule has 3 rings (SSSR count). The first-order chi connectivity index (χ1) is 17.4. The number of aromatic nitrogens is 1. The van der Waals surface area contributed by atoms with Crippen LogP contribution in [0.1, 0.15) is 20.8 Å². The van der Waals surface area contributed by atoms with Crippen LogP contribution < -0.4 is 20.7 Å². The first kappa shape index (κ1) is 28.7. The number of carbonyl (C=O) groups is 1. The number of hydrogen-bond acceptors (Lipinski definition) is 7. The Morgan fingerprint density at radius 3 is 2.38 bits per heavy atom. The summed E-state index contributed by atoms with van der Waals surface area (Å²) >= 11 is 6.69. The molecular weight excluding hydrogens is 529 g/mol. The van der Waals surface area contributed by atoms with Gasteiger partial charge in [-0.2, -0.15) is 0 Å². The van der Waals surface area contributed by atoms with Gasteiger partial charge in [-0.1, -0.05) is 6.07 Å². The molecule has 2 aromatic carbocycles. The van der Waals surface area contributed by atoms with Crippen LogP contribution in [0.5, 0.6) is 0 Å². The Kier molecular flexibility index (Phi) is 9.74. The van der Waals surface area contributed by atoms with E-state index in [1.807, 2.05) is 57.1 Å². The Morgan fingerprint density at radius 1 is 1.08 bits per heavy atom. The van der Waals surface area contributed by atoms with Crippen LogP contribution in [0, 0.1) is 0 Å². The van der Waals surface area contributed by atoms with E-state index in [1.165, 1.54) is 24.3 Å². The summed E-state index contributed by atoms with van der Waals surface area (Å²) in [5.74, 6) is -0.282. The number of likely N-dealkylation sites (N-methyl/N-ethyl adjacent to an activating group) is 1. The van der Waals surface area contributed by atoms with Gasteiger partial charge < -0.3 is 20.9 Å². The highest BCUT2D eigenvalue weighted by Crippen LogP contribution is 2.37. The highest BCUT2D eigenvalue weighted by atomic mass is 32.2. The molecule has 0 radical (unpaired) electrons. The monoisotopic (exact) mass is 560 g/mol. The van der Waals surface area contributed by atoms with E-state index in [1.54, 1.807) is 18.3 Å². The maximum Gasteiger partial charge on any atom is 0.241 e. The van der Waals surface area contributed by atoms with Gasteiger partial charge in [-0.3, -0.25) is 4.79 Å². The molecule has 0 saturated carbocycles. The summed E-state index contributed by atoms with van der Waals surface area (Å²) in [6.45, 7) is 6.21. The molecule has 37 heavy (non-hydrogen) atoms. The van der Waals surface area contributed by atoms with Crippen LogP contribution in [0.25, 0.3) is 21.0 Å². The van der Waals surface area contributed by atoms with Crippen LogP contribution in [-0.4, -0.2) is 62.5 Å². The number of hydrogen-bond donors (Lipinski definition) is 4. The van der Waals surface area contributed by atoms with Crippen molar-refractivity contribution in [3.05, 3.63) is 48.7 Å². The first-order valence-electron chi connectivity index (χ1n) is 11.6. The summed E-state index contributed by atoms with van der Waals surface area (Å²) in [7, 11) is -0.109. The quantitative estimate of drug-likeness (QED) is 0.276. The predicted molar refractivity (Wildman–Crippen MR) is 156 cm³/mol.